The SMILES string of the molecule is CSCC[C@@H](NS(=O)(=O)c1cc(C)ccc1C)C(=O)[O-]. The summed E-state index contributed by atoms with van der Waals surface area (Å²) >= 11 is 1.45. The summed E-state index contributed by atoms with van der Waals surface area (Å²) in [5.74, 6) is -0.874. The number of benzene rings is 1. The Labute approximate surface area is 123 Å². The number of sulfonamides is 1. The highest BCUT2D eigenvalue weighted by Gasteiger charge is 2.22. The van der Waals surface area contributed by atoms with Gasteiger partial charge in [-0.05, 0) is 49.5 Å². The molecule has 0 bridgehead atoms. The van der Waals surface area contributed by atoms with Gasteiger partial charge in [-0.1, -0.05) is 12.1 Å². The number of aliphatic carboxylic acids is 1. The number of thioether (sulfide) groups is 1. The van der Waals surface area contributed by atoms with E-state index < -0.39 is 22.0 Å². The smallest absolute Gasteiger partial charge is 0.241 e. The van der Waals surface area contributed by atoms with Gasteiger partial charge in [0.25, 0.3) is 0 Å². The van der Waals surface area contributed by atoms with E-state index in [2.05, 4.69) is 4.72 Å². The van der Waals surface area contributed by atoms with Gasteiger partial charge in [-0.2, -0.15) is 11.8 Å². The zero-order chi connectivity index (χ0) is 15.3. The second-order valence-corrected chi connectivity index (χ2v) is 7.21. The standard InChI is InChI=1S/C13H19NO4S2/c1-9-4-5-10(2)12(8-9)20(17,18)14-11(13(15)16)6-7-19-3/h4-5,8,11,14H,6-7H2,1-3H3,(H,15,16)/p-1/t11-/m1/s1. The molecule has 1 rings (SSSR count). The van der Waals surface area contributed by atoms with Crippen LogP contribution in [0.3, 0.4) is 0 Å². The number of aryl methyl sites for hydroxylation is 2. The molecule has 1 aromatic rings. The van der Waals surface area contributed by atoms with Crippen LogP contribution >= 0.6 is 11.8 Å². The van der Waals surface area contributed by atoms with E-state index >= 15 is 0 Å². The molecule has 0 aliphatic heterocycles. The molecule has 1 aromatic carbocycles. The highest BCUT2D eigenvalue weighted by Crippen LogP contribution is 2.17. The van der Waals surface area contributed by atoms with E-state index in [0.29, 0.717) is 11.3 Å². The van der Waals surface area contributed by atoms with Gasteiger partial charge < -0.3 is 9.90 Å². The van der Waals surface area contributed by atoms with Crippen molar-refractivity contribution in [1.82, 2.24) is 4.72 Å². The Kier molecular flexibility index (Phi) is 6.04. The molecule has 20 heavy (non-hydrogen) atoms. The van der Waals surface area contributed by atoms with Crippen molar-refractivity contribution in [3.8, 4) is 0 Å². The summed E-state index contributed by atoms with van der Waals surface area (Å²) in [5.41, 5.74) is 1.37. The van der Waals surface area contributed by atoms with E-state index in [1.807, 2.05) is 6.26 Å². The first-order valence-corrected chi connectivity index (χ1v) is 8.95. The number of nitrogens with one attached hydrogen (secondary N) is 1. The summed E-state index contributed by atoms with van der Waals surface area (Å²) in [7, 11) is -3.87. The lowest BCUT2D eigenvalue weighted by molar-refractivity contribution is -0.308. The lowest BCUT2D eigenvalue weighted by atomic mass is 10.2. The normalized spacial score (nSPS) is 13.2. The minimum atomic E-state index is -3.87. The summed E-state index contributed by atoms with van der Waals surface area (Å²) in [6.07, 6.45) is 2.01. The van der Waals surface area contributed by atoms with E-state index in [4.69, 9.17) is 0 Å². The first kappa shape index (κ1) is 17.0. The highest BCUT2D eigenvalue weighted by molar-refractivity contribution is 7.98. The van der Waals surface area contributed by atoms with Gasteiger partial charge in [0.2, 0.25) is 10.0 Å². The van der Waals surface area contributed by atoms with Crippen molar-refractivity contribution in [3.63, 3.8) is 0 Å². The molecule has 7 heteroatoms. The zero-order valence-corrected chi connectivity index (χ0v) is 13.3. The van der Waals surface area contributed by atoms with Crippen LogP contribution in [0.25, 0.3) is 0 Å². The fourth-order valence-corrected chi connectivity index (χ4v) is 3.73. The summed E-state index contributed by atoms with van der Waals surface area (Å²) < 4.78 is 26.8. The Balaban J connectivity index is 3.03. The van der Waals surface area contributed by atoms with Crippen LogP contribution in [0.1, 0.15) is 17.5 Å². The molecular weight excluding hydrogens is 298 g/mol. The topological polar surface area (TPSA) is 86.3 Å². The average molecular weight is 316 g/mol. The summed E-state index contributed by atoms with van der Waals surface area (Å²) in [5, 5.41) is 11.0. The van der Waals surface area contributed by atoms with Crippen LogP contribution in [-0.2, 0) is 14.8 Å². The lowest BCUT2D eigenvalue weighted by Crippen LogP contribution is -2.48. The molecule has 0 fully saturated rings. The third-order valence-corrected chi connectivity index (χ3v) is 5.08. The van der Waals surface area contributed by atoms with Crippen molar-refractivity contribution in [3.05, 3.63) is 29.3 Å². The second-order valence-electron chi connectivity index (χ2n) is 4.54. The lowest BCUT2D eigenvalue weighted by Gasteiger charge is -2.20. The molecule has 0 amide bonds. The molecule has 1 atom stereocenters. The van der Waals surface area contributed by atoms with Crippen LogP contribution in [0.4, 0.5) is 0 Å². The predicted molar refractivity (Wildman–Crippen MR) is 78.0 cm³/mol. The number of carboxylic acid groups (broad SMARTS) is 1. The van der Waals surface area contributed by atoms with Crippen LogP contribution in [0.5, 0.6) is 0 Å². The number of rotatable bonds is 7. The number of hydrogen-bond acceptors (Lipinski definition) is 5. The molecule has 5 nitrogen and oxygen atoms in total. The van der Waals surface area contributed by atoms with Crippen molar-refractivity contribution in [2.45, 2.75) is 31.2 Å². The highest BCUT2D eigenvalue weighted by atomic mass is 32.2. The maximum Gasteiger partial charge on any atom is 0.241 e. The Morgan fingerprint density at radius 2 is 2.05 bits per heavy atom. The van der Waals surface area contributed by atoms with Crippen LogP contribution in [0.2, 0.25) is 0 Å². The summed E-state index contributed by atoms with van der Waals surface area (Å²) in [4.78, 5) is 11.1. The minimum Gasteiger partial charge on any atom is -0.548 e. The van der Waals surface area contributed by atoms with E-state index in [1.54, 1.807) is 26.0 Å². The van der Waals surface area contributed by atoms with E-state index in [9.17, 15) is 18.3 Å². The average Bonchev–Trinajstić information content (AvgIpc) is 2.36. The number of carbonyl (C=O) groups excluding carboxylic acids is 1. The molecule has 112 valence electrons. The molecule has 0 saturated heterocycles. The van der Waals surface area contributed by atoms with Crippen LogP contribution in [0, 0.1) is 13.8 Å². The van der Waals surface area contributed by atoms with Crippen LogP contribution in [-0.4, -0.2) is 32.4 Å². The van der Waals surface area contributed by atoms with Gasteiger partial charge in [0.1, 0.15) is 0 Å². The Hall–Kier alpha value is -1.05. The minimum absolute atomic E-state index is 0.105. The van der Waals surface area contributed by atoms with Gasteiger partial charge in [-0.3, -0.25) is 0 Å². The van der Waals surface area contributed by atoms with Gasteiger partial charge in [-0.25, -0.2) is 13.1 Å². The molecule has 0 aliphatic carbocycles. The van der Waals surface area contributed by atoms with Crippen molar-refractivity contribution in [2.75, 3.05) is 12.0 Å². The van der Waals surface area contributed by atoms with Crippen molar-refractivity contribution >= 4 is 27.8 Å². The first-order valence-electron chi connectivity index (χ1n) is 6.07. The third kappa shape index (κ3) is 4.50. The fourth-order valence-electron chi connectivity index (χ4n) is 1.71. The summed E-state index contributed by atoms with van der Waals surface area (Å²) in [6.45, 7) is 3.45. The van der Waals surface area contributed by atoms with E-state index in [-0.39, 0.29) is 11.3 Å². The van der Waals surface area contributed by atoms with Gasteiger partial charge in [0, 0.05) is 0 Å². The van der Waals surface area contributed by atoms with Crippen molar-refractivity contribution < 1.29 is 18.3 Å². The Bertz CT molecular complexity index is 584. The predicted octanol–water partition coefficient (Wildman–Crippen LogP) is 0.453. The molecule has 0 spiro atoms. The molecule has 0 saturated carbocycles. The van der Waals surface area contributed by atoms with Gasteiger partial charge in [0.05, 0.1) is 16.9 Å². The van der Waals surface area contributed by atoms with Crippen molar-refractivity contribution in [2.24, 2.45) is 0 Å². The van der Waals surface area contributed by atoms with Crippen LogP contribution in [0.15, 0.2) is 23.1 Å². The van der Waals surface area contributed by atoms with E-state index in [1.165, 1.54) is 17.8 Å². The second kappa shape index (κ2) is 7.10. The van der Waals surface area contributed by atoms with E-state index in [0.717, 1.165) is 5.56 Å². The first-order chi connectivity index (χ1) is 9.27. The fraction of sp³-hybridized carbons (Fsp3) is 0.462. The monoisotopic (exact) mass is 316 g/mol. The summed E-state index contributed by atoms with van der Waals surface area (Å²) in [6, 6.07) is 3.81. The zero-order valence-electron chi connectivity index (χ0n) is 11.7. The molecule has 0 aliphatic rings. The quantitative estimate of drug-likeness (QED) is 0.789. The molecule has 0 aromatic heterocycles. The number of carbonyl (C=O) groups is 1. The van der Waals surface area contributed by atoms with Crippen LogP contribution < -0.4 is 9.83 Å². The number of carboxylic acids is 1. The maximum absolute atomic E-state index is 12.3. The Morgan fingerprint density at radius 1 is 1.40 bits per heavy atom. The van der Waals surface area contributed by atoms with Gasteiger partial charge in [-0.15, -0.1) is 0 Å². The third-order valence-electron chi connectivity index (χ3n) is 2.83. The molecule has 1 N–H and O–H groups in total. The maximum atomic E-state index is 12.3. The van der Waals surface area contributed by atoms with Gasteiger partial charge >= 0.3 is 0 Å². The molecular formula is C13H18NO4S2-. The molecule has 0 heterocycles. The van der Waals surface area contributed by atoms with Gasteiger partial charge in [0.15, 0.2) is 0 Å². The van der Waals surface area contributed by atoms with Crippen molar-refractivity contribution in [1.29, 1.82) is 0 Å². The number of hydrogen-bond donors (Lipinski definition) is 1. The molecule has 0 unspecified atom stereocenters. The largest absolute Gasteiger partial charge is 0.548 e. The molecule has 0 radical (unpaired) electrons. The Morgan fingerprint density at radius 3 is 2.60 bits per heavy atom.